The van der Waals surface area contributed by atoms with Gasteiger partial charge >= 0.3 is 5.69 Å². The largest absolute Gasteiger partial charge is 0.379 e. The fourth-order valence-electron chi connectivity index (χ4n) is 2.52. The summed E-state index contributed by atoms with van der Waals surface area (Å²) < 4.78 is 12.4. The molecule has 0 saturated carbocycles. The summed E-state index contributed by atoms with van der Waals surface area (Å²) in [6, 6.07) is -0.175. The van der Waals surface area contributed by atoms with Crippen LogP contribution in [0.2, 0.25) is 0 Å². The zero-order chi connectivity index (χ0) is 18.4. The second-order valence-corrected chi connectivity index (χ2v) is 6.39. The van der Waals surface area contributed by atoms with Crippen molar-refractivity contribution in [3.63, 3.8) is 0 Å². The zero-order valence-corrected chi connectivity index (χ0v) is 14.8. The molecule has 1 aromatic heterocycles. The molecule has 0 radical (unpaired) electrons. The predicted molar refractivity (Wildman–Crippen MR) is 92.6 cm³/mol. The van der Waals surface area contributed by atoms with Crippen LogP contribution in [-0.4, -0.2) is 47.4 Å². The number of hydrogen-bond donors (Lipinski definition) is 2. The van der Waals surface area contributed by atoms with E-state index in [-0.39, 0.29) is 24.6 Å². The van der Waals surface area contributed by atoms with Gasteiger partial charge in [0.15, 0.2) is 0 Å². The van der Waals surface area contributed by atoms with Crippen LogP contribution >= 0.6 is 0 Å². The third-order valence-electron chi connectivity index (χ3n) is 3.96. The van der Waals surface area contributed by atoms with Crippen LogP contribution in [0.15, 0.2) is 27.4 Å². The average Bonchev–Trinajstić information content (AvgIpc) is 2.54. The zero-order valence-electron chi connectivity index (χ0n) is 14.8. The molecule has 138 valence electrons. The highest BCUT2D eigenvalue weighted by atomic mass is 16.5. The lowest BCUT2D eigenvalue weighted by Crippen LogP contribution is -2.51. The number of carbonyl (C=O) groups excluding carboxylic acids is 1. The molecule has 2 rings (SSSR count). The predicted octanol–water partition coefficient (Wildman–Crippen LogP) is 0.102. The van der Waals surface area contributed by atoms with Gasteiger partial charge in [-0.05, 0) is 27.2 Å². The van der Waals surface area contributed by atoms with Gasteiger partial charge in [-0.2, -0.15) is 0 Å². The third kappa shape index (κ3) is 5.68. The summed E-state index contributed by atoms with van der Waals surface area (Å²) in [6.45, 7) is 6.83. The molecule has 8 heteroatoms. The second-order valence-electron chi connectivity index (χ2n) is 6.39. The molecule has 25 heavy (non-hydrogen) atoms. The number of nitrogens with one attached hydrogen (secondary N) is 2. The Hall–Kier alpha value is -2.19. The van der Waals surface area contributed by atoms with Gasteiger partial charge in [-0.3, -0.25) is 19.1 Å². The highest BCUT2D eigenvalue weighted by Gasteiger charge is 2.27. The van der Waals surface area contributed by atoms with Crippen molar-refractivity contribution in [2.24, 2.45) is 0 Å². The van der Waals surface area contributed by atoms with Gasteiger partial charge in [-0.15, -0.1) is 0 Å². The number of aryl methyl sites for hydroxylation is 1. The molecule has 1 aliphatic rings. The van der Waals surface area contributed by atoms with Crippen LogP contribution in [0.1, 0.15) is 25.8 Å². The first kappa shape index (κ1) is 19.1. The summed E-state index contributed by atoms with van der Waals surface area (Å²) in [6.07, 6.45) is 3.76. The lowest BCUT2D eigenvalue weighted by Gasteiger charge is -2.32. The molecule has 0 unspecified atom stereocenters. The number of ether oxygens (including phenoxy) is 2. The lowest BCUT2D eigenvalue weighted by atomic mass is 10.1. The minimum absolute atomic E-state index is 0.158. The van der Waals surface area contributed by atoms with Gasteiger partial charge in [-0.1, -0.05) is 11.6 Å². The molecule has 1 amide bonds. The molecule has 2 N–H and O–H groups in total. The summed E-state index contributed by atoms with van der Waals surface area (Å²) in [4.78, 5) is 37.6. The molecule has 1 aliphatic heterocycles. The Kier molecular flexibility index (Phi) is 6.72. The van der Waals surface area contributed by atoms with E-state index in [1.54, 1.807) is 6.92 Å². The molecule has 2 heterocycles. The van der Waals surface area contributed by atoms with E-state index in [1.165, 1.54) is 10.8 Å². The van der Waals surface area contributed by atoms with Gasteiger partial charge in [0.25, 0.3) is 5.56 Å². The first-order valence-corrected chi connectivity index (χ1v) is 8.29. The van der Waals surface area contributed by atoms with Crippen molar-refractivity contribution in [2.75, 3.05) is 19.8 Å². The third-order valence-corrected chi connectivity index (χ3v) is 3.96. The first-order valence-electron chi connectivity index (χ1n) is 8.29. The molecule has 0 bridgehead atoms. The fraction of sp³-hybridized carbons (Fsp3) is 0.588. The monoisotopic (exact) mass is 351 g/mol. The molecule has 8 nitrogen and oxygen atoms in total. The molecular weight excluding hydrogens is 326 g/mol. The van der Waals surface area contributed by atoms with Crippen LogP contribution in [0, 0.1) is 6.92 Å². The van der Waals surface area contributed by atoms with Crippen molar-refractivity contribution in [3.05, 3.63) is 44.2 Å². The van der Waals surface area contributed by atoms with E-state index in [2.05, 4.69) is 10.3 Å². The van der Waals surface area contributed by atoms with Gasteiger partial charge in [-0.25, -0.2) is 4.79 Å². The minimum Gasteiger partial charge on any atom is -0.379 e. The topological polar surface area (TPSA) is 102 Å². The van der Waals surface area contributed by atoms with E-state index in [9.17, 15) is 14.4 Å². The molecule has 0 spiro atoms. The van der Waals surface area contributed by atoms with E-state index in [0.717, 1.165) is 5.57 Å². The molecule has 0 aliphatic carbocycles. The van der Waals surface area contributed by atoms with Crippen LogP contribution in [-0.2, 0) is 20.8 Å². The van der Waals surface area contributed by atoms with Crippen molar-refractivity contribution in [2.45, 2.75) is 45.9 Å². The Bertz CT molecular complexity index is 745. The highest BCUT2D eigenvalue weighted by Crippen LogP contribution is 2.12. The van der Waals surface area contributed by atoms with Crippen molar-refractivity contribution < 1.29 is 14.3 Å². The van der Waals surface area contributed by atoms with Gasteiger partial charge in [0.2, 0.25) is 5.91 Å². The summed E-state index contributed by atoms with van der Waals surface area (Å²) >= 11 is 0. The van der Waals surface area contributed by atoms with Crippen molar-refractivity contribution in [3.8, 4) is 0 Å². The smallest absolute Gasteiger partial charge is 0.328 e. The number of H-pyrrole nitrogens is 1. The first-order chi connectivity index (χ1) is 11.9. The number of nitrogens with zero attached hydrogens (tertiary/aromatic N) is 1. The Balaban J connectivity index is 1.97. The number of aromatic amines is 1. The maximum Gasteiger partial charge on any atom is 0.328 e. The minimum atomic E-state index is -0.603. The maximum absolute atomic E-state index is 12.3. The number of rotatable bonds is 6. The number of amides is 1. The van der Waals surface area contributed by atoms with Crippen LogP contribution in [0.25, 0.3) is 0 Å². The summed E-state index contributed by atoms with van der Waals surface area (Å²) in [7, 11) is 0. The highest BCUT2D eigenvalue weighted by molar-refractivity contribution is 5.76. The van der Waals surface area contributed by atoms with Crippen molar-refractivity contribution in [1.82, 2.24) is 14.9 Å². The van der Waals surface area contributed by atoms with Crippen LogP contribution in [0.3, 0.4) is 0 Å². The Morgan fingerprint density at radius 1 is 1.48 bits per heavy atom. The van der Waals surface area contributed by atoms with Crippen LogP contribution < -0.4 is 16.6 Å². The standard InChI is InChI=1S/C17H25N3O5/c1-11(2)4-7-25-14-10-24-6-5-13(14)18-15(21)9-20-8-12(3)16(22)19-17(20)23/h4,8,13-14H,5-7,9-10H2,1-3H3,(H,18,21)(H,19,22,23)/t13-,14-/m1/s1. The van der Waals surface area contributed by atoms with Crippen LogP contribution in [0.5, 0.6) is 0 Å². The van der Waals surface area contributed by atoms with E-state index < -0.39 is 11.2 Å². The number of hydrogen-bond acceptors (Lipinski definition) is 5. The number of aromatic nitrogens is 2. The van der Waals surface area contributed by atoms with Gasteiger partial charge in [0, 0.05) is 18.4 Å². The summed E-state index contributed by atoms with van der Waals surface area (Å²) in [5, 5.41) is 2.90. The van der Waals surface area contributed by atoms with E-state index in [4.69, 9.17) is 9.47 Å². The van der Waals surface area contributed by atoms with Crippen molar-refractivity contribution >= 4 is 5.91 Å². The molecule has 1 aromatic rings. The van der Waals surface area contributed by atoms with E-state index >= 15 is 0 Å². The normalized spacial score (nSPS) is 20.1. The van der Waals surface area contributed by atoms with E-state index in [0.29, 0.717) is 31.8 Å². The van der Waals surface area contributed by atoms with Gasteiger partial charge in [0.05, 0.1) is 19.3 Å². The molecule has 2 atom stereocenters. The second kappa shape index (κ2) is 8.77. The Labute approximate surface area is 145 Å². The van der Waals surface area contributed by atoms with Crippen molar-refractivity contribution in [1.29, 1.82) is 0 Å². The summed E-state index contributed by atoms with van der Waals surface area (Å²) in [5.74, 6) is -0.309. The lowest BCUT2D eigenvalue weighted by molar-refractivity contribution is -0.126. The Morgan fingerprint density at radius 2 is 2.24 bits per heavy atom. The van der Waals surface area contributed by atoms with Gasteiger partial charge < -0.3 is 14.8 Å². The SMILES string of the molecule is CC(C)=CCO[C@@H]1COCC[C@H]1NC(=O)Cn1cc(C)c(=O)[nH]c1=O. The molecule has 1 saturated heterocycles. The Morgan fingerprint density at radius 3 is 2.96 bits per heavy atom. The average molecular weight is 351 g/mol. The quantitative estimate of drug-likeness (QED) is 0.708. The molecular formula is C17H25N3O5. The maximum atomic E-state index is 12.3. The number of carbonyl (C=O) groups is 1. The molecule has 1 fully saturated rings. The summed E-state index contributed by atoms with van der Waals surface area (Å²) in [5.41, 5.74) is 0.486. The fourth-order valence-corrected chi connectivity index (χ4v) is 2.52. The molecule has 0 aromatic carbocycles. The van der Waals surface area contributed by atoms with Gasteiger partial charge in [0.1, 0.15) is 12.6 Å². The van der Waals surface area contributed by atoms with E-state index in [1.807, 2.05) is 19.9 Å². The van der Waals surface area contributed by atoms with Crippen LogP contribution in [0.4, 0.5) is 0 Å². The number of allylic oxidation sites excluding steroid dienone is 1.